The Morgan fingerprint density at radius 3 is 1.00 bits per heavy atom. The van der Waals surface area contributed by atoms with Crippen LogP contribution in [0.25, 0.3) is 0 Å². The van der Waals surface area contributed by atoms with E-state index in [1.54, 1.807) is 0 Å². The van der Waals surface area contributed by atoms with Gasteiger partial charge in [-0.25, -0.2) is 0 Å². The van der Waals surface area contributed by atoms with Crippen LogP contribution in [0, 0.1) is 0 Å². The number of hydrogen-bond acceptors (Lipinski definition) is 2. The molecule has 0 aromatic rings. The maximum Gasteiger partial charge on any atom is 2.00 e. The van der Waals surface area contributed by atoms with Crippen molar-refractivity contribution >= 4 is 0 Å². The molecule has 0 heterocycles. The van der Waals surface area contributed by atoms with Gasteiger partial charge in [-0.3, -0.25) is 0 Å². The third-order valence-electron chi connectivity index (χ3n) is 0. The molecule has 0 aliphatic rings. The number of allylic oxidation sites excluding steroid dienone is 2. The van der Waals surface area contributed by atoms with Crippen molar-refractivity contribution in [2.45, 2.75) is 13.8 Å². The average Bonchev–Trinajstić information content (AvgIpc) is 1.25. The quantitative estimate of drug-likeness (QED) is 0.374. The van der Waals surface area contributed by atoms with E-state index < -0.39 is 0 Å². The Balaban J connectivity index is -0.0000000720. The maximum absolute atomic E-state index is 9.33. The molecule has 0 aliphatic heterocycles. The van der Waals surface area contributed by atoms with E-state index in [0.717, 1.165) is 0 Å². The van der Waals surface area contributed by atoms with Crippen LogP contribution in [0.3, 0.4) is 0 Å². The van der Waals surface area contributed by atoms with Crippen LogP contribution in [0.5, 0.6) is 0 Å². The topological polar surface area (TPSA) is 46.1 Å². The van der Waals surface area contributed by atoms with Crippen molar-refractivity contribution in [3.8, 4) is 0 Å². The van der Waals surface area contributed by atoms with E-state index in [2.05, 4.69) is 13.2 Å². The van der Waals surface area contributed by atoms with Gasteiger partial charge in [0.05, 0.1) is 0 Å². The summed E-state index contributed by atoms with van der Waals surface area (Å²) in [5.41, 5.74) is 0. The first kappa shape index (κ1) is 15.8. The molecule has 2 nitrogen and oxygen atoms in total. The minimum Gasteiger partial charge on any atom is -0.876 e. The zero-order valence-corrected chi connectivity index (χ0v) is 6.53. The fraction of sp³-hybridized carbons (Fsp3) is 0.333. The van der Waals surface area contributed by atoms with Gasteiger partial charge in [0, 0.05) is 0 Å². The monoisotopic (exact) mass is 172 g/mol. The Bertz CT molecular complexity index is 69.1. The fourth-order valence-electron chi connectivity index (χ4n) is 0. The van der Waals surface area contributed by atoms with Crippen LogP contribution in [-0.4, -0.2) is 0 Å². The average molecular weight is 173 g/mol. The SMILES string of the molecule is C=C(C)[O-].C=C(C)[O-].[Ni+2]. The van der Waals surface area contributed by atoms with Crippen molar-refractivity contribution in [3.63, 3.8) is 0 Å². The van der Waals surface area contributed by atoms with Gasteiger partial charge >= 0.3 is 16.5 Å². The summed E-state index contributed by atoms with van der Waals surface area (Å²) in [4.78, 5) is 0. The summed E-state index contributed by atoms with van der Waals surface area (Å²) >= 11 is 0. The van der Waals surface area contributed by atoms with E-state index in [1.165, 1.54) is 13.8 Å². The first-order chi connectivity index (χ1) is 3.46. The molecule has 9 heavy (non-hydrogen) atoms. The molecule has 0 atom stereocenters. The van der Waals surface area contributed by atoms with Crippen molar-refractivity contribution in [1.82, 2.24) is 0 Å². The molecular formula is C6H10NiO2. The summed E-state index contributed by atoms with van der Waals surface area (Å²) < 4.78 is 0. The predicted octanol–water partition coefficient (Wildman–Crippen LogP) is -0.242. The summed E-state index contributed by atoms with van der Waals surface area (Å²) in [6.45, 7) is 8.83. The number of hydrogen-bond donors (Lipinski definition) is 0. The first-order valence-electron chi connectivity index (χ1n) is 2.12. The second kappa shape index (κ2) is 10.5. The van der Waals surface area contributed by atoms with E-state index in [0.29, 0.717) is 0 Å². The van der Waals surface area contributed by atoms with E-state index in [4.69, 9.17) is 0 Å². The Kier molecular flexibility index (Phi) is 18.5. The normalized spacial score (nSPS) is 5.56. The molecule has 0 unspecified atom stereocenters. The zero-order valence-electron chi connectivity index (χ0n) is 5.55. The van der Waals surface area contributed by atoms with Crippen molar-refractivity contribution < 1.29 is 26.7 Å². The van der Waals surface area contributed by atoms with Gasteiger partial charge in [0.25, 0.3) is 0 Å². The molecule has 0 aromatic carbocycles. The molecule has 0 amide bonds. The van der Waals surface area contributed by atoms with Gasteiger partial charge in [0.15, 0.2) is 0 Å². The molecular weight excluding hydrogens is 163 g/mol. The van der Waals surface area contributed by atoms with Gasteiger partial charge in [-0.1, -0.05) is 13.8 Å². The van der Waals surface area contributed by atoms with Crippen molar-refractivity contribution in [2.75, 3.05) is 0 Å². The van der Waals surface area contributed by atoms with E-state index in [-0.39, 0.29) is 28.0 Å². The third-order valence-corrected chi connectivity index (χ3v) is 0. The van der Waals surface area contributed by atoms with E-state index in [9.17, 15) is 10.2 Å². The van der Waals surface area contributed by atoms with Gasteiger partial charge < -0.3 is 10.2 Å². The molecule has 0 bridgehead atoms. The standard InChI is InChI=1S/2C3H6O.Ni/c2*1-3(2)4;/h2*4H,1H2,2H3;/q;;+2/p-2. The smallest absolute Gasteiger partial charge is 0.876 e. The zero-order chi connectivity index (χ0) is 7.15. The maximum atomic E-state index is 9.33. The largest absolute Gasteiger partial charge is 2.00 e. The molecule has 3 heteroatoms. The molecule has 0 fully saturated rings. The first-order valence-corrected chi connectivity index (χ1v) is 2.12. The summed E-state index contributed by atoms with van der Waals surface area (Å²) in [6, 6.07) is 0. The third kappa shape index (κ3) is 1290. The van der Waals surface area contributed by atoms with Crippen LogP contribution in [-0.2, 0) is 16.5 Å². The van der Waals surface area contributed by atoms with Gasteiger partial charge in [0.2, 0.25) is 0 Å². The van der Waals surface area contributed by atoms with Gasteiger partial charge in [-0.05, 0) is 0 Å². The Morgan fingerprint density at radius 2 is 1.00 bits per heavy atom. The van der Waals surface area contributed by atoms with Gasteiger partial charge in [-0.2, -0.15) is 0 Å². The Morgan fingerprint density at radius 1 is 1.00 bits per heavy atom. The van der Waals surface area contributed by atoms with Crippen molar-refractivity contribution in [2.24, 2.45) is 0 Å². The van der Waals surface area contributed by atoms with Crippen molar-refractivity contribution in [3.05, 3.63) is 24.7 Å². The van der Waals surface area contributed by atoms with Crippen LogP contribution in [0.15, 0.2) is 24.7 Å². The molecule has 0 spiro atoms. The molecule has 0 aliphatic carbocycles. The minimum absolute atomic E-state index is 0. The van der Waals surface area contributed by atoms with Crippen LogP contribution in [0.2, 0.25) is 0 Å². The van der Waals surface area contributed by atoms with Crippen LogP contribution >= 0.6 is 0 Å². The Labute approximate surface area is 65.8 Å². The molecule has 0 rings (SSSR count). The molecule has 0 aromatic heterocycles. The van der Waals surface area contributed by atoms with E-state index >= 15 is 0 Å². The van der Waals surface area contributed by atoms with Crippen LogP contribution in [0.4, 0.5) is 0 Å². The van der Waals surface area contributed by atoms with Crippen LogP contribution in [0.1, 0.15) is 13.8 Å². The second-order valence-corrected chi connectivity index (χ2v) is 1.40. The Hall–Kier alpha value is -0.426. The van der Waals surface area contributed by atoms with Crippen LogP contribution < -0.4 is 10.2 Å². The summed E-state index contributed by atoms with van der Waals surface area (Å²) in [7, 11) is 0. The molecule has 56 valence electrons. The number of rotatable bonds is 0. The van der Waals surface area contributed by atoms with Gasteiger partial charge in [0.1, 0.15) is 0 Å². The van der Waals surface area contributed by atoms with Crippen molar-refractivity contribution in [1.29, 1.82) is 0 Å². The predicted molar refractivity (Wildman–Crippen MR) is 29.6 cm³/mol. The van der Waals surface area contributed by atoms with Gasteiger partial charge in [-0.15, -0.1) is 24.7 Å². The summed E-state index contributed by atoms with van der Waals surface area (Å²) in [6.07, 6.45) is 0. The second-order valence-electron chi connectivity index (χ2n) is 1.40. The molecule has 0 N–H and O–H groups in total. The molecule has 0 saturated heterocycles. The summed E-state index contributed by atoms with van der Waals surface area (Å²) in [5, 5.41) is 18.7. The fourth-order valence-corrected chi connectivity index (χ4v) is 0. The molecule has 0 radical (unpaired) electrons. The molecule has 0 saturated carbocycles. The van der Waals surface area contributed by atoms with E-state index in [1.807, 2.05) is 0 Å². The minimum atomic E-state index is -0.0833. The summed E-state index contributed by atoms with van der Waals surface area (Å²) in [5.74, 6) is -0.167.